The molecule has 0 saturated carbocycles. The van der Waals surface area contributed by atoms with Gasteiger partial charge in [0, 0.05) is 0 Å². The van der Waals surface area contributed by atoms with E-state index in [9.17, 15) is 4.79 Å². The second kappa shape index (κ2) is 8.55. The van der Waals surface area contributed by atoms with E-state index in [1.807, 2.05) is 12.1 Å². The fourth-order valence-corrected chi connectivity index (χ4v) is 3.47. The Morgan fingerprint density at radius 3 is 1.92 bits per heavy atom. The second-order valence-electron chi connectivity index (χ2n) is 7.30. The third-order valence-corrected chi connectivity index (χ3v) is 5.95. The Bertz CT molecular complexity index is 510. The molecule has 3 nitrogen and oxygen atoms in total. The predicted octanol–water partition coefficient (Wildman–Crippen LogP) is 5.81. The van der Waals surface area contributed by atoms with Gasteiger partial charge >= 0.3 is 5.97 Å². The van der Waals surface area contributed by atoms with Crippen LogP contribution in [-0.4, -0.2) is 17.2 Å². The normalized spacial score (nSPS) is 13.6. The topological polar surface area (TPSA) is 46.5 Å². The third kappa shape index (κ3) is 4.75. The van der Waals surface area contributed by atoms with Gasteiger partial charge < -0.3 is 9.84 Å². The highest BCUT2D eigenvalue weighted by molar-refractivity contribution is 5.72. The summed E-state index contributed by atoms with van der Waals surface area (Å²) in [6.07, 6.45) is 4.91. The molecule has 1 aromatic rings. The molecule has 136 valence electrons. The molecule has 3 heteroatoms. The summed E-state index contributed by atoms with van der Waals surface area (Å²) in [5.74, 6) is -0.333. The Labute approximate surface area is 147 Å². The number of rotatable bonds is 10. The summed E-state index contributed by atoms with van der Waals surface area (Å²) in [5, 5.41) is 8.96. The molecular formula is C21H34O3. The SMILES string of the molecule is CCC(C)(CC)CC(CC)(CC)c1ccc(OC(C)C(=O)O)cc1. The smallest absolute Gasteiger partial charge is 0.344 e. The first-order valence-corrected chi connectivity index (χ1v) is 9.25. The molecule has 0 aromatic heterocycles. The molecule has 1 aromatic carbocycles. The molecule has 1 N–H and O–H groups in total. The van der Waals surface area contributed by atoms with Crippen LogP contribution >= 0.6 is 0 Å². The molecule has 0 spiro atoms. The standard InChI is InChI=1S/C21H34O3/c1-7-20(6,8-2)15-21(9-3,10-4)17-11-13-18(14-12-17)24-16(5)19(22)23/h11-14,16H,7-10,15H2,1-6H3,(H,22,23). The van der Waals surface area contributed by atoms with Crippen molar-refractivity contribution in [3.63, 3.8) is 0 Å². The minimum Gasteiger partial charge on any atom is -0.479 e. The second-order valence-corrected chi connectivity index (χ2v) is 7.30. The Morgan fingerprint density at radius 1 is 1.04 bits per heavy atom. The van der Waals surface area contributed by atoms with Crippen LogP contribution < -0.4 is 4.74 Å². The Hall–Kier alpha value is -1.51. The Balaban J connectivity index is 3.06. The van der Waals surface area contributed by atoms with Crippen molar-refractivity contribution in [1.29, 1.82) is 0 Å². The number of carboxylic acid groups (broad SMARTS) is 1. The summed E-state index contributed by atoms with van der Waals surface area (Å²) in [6.45, 7) is 13.0. The van der Waals surface area contributed by atoms with Crippen LogP contribution in [0.4, 0.5) is 0 Å². The van der Waals surface area contributed by atoms with Gasteiger partial charge in [-0.3, -0.25) is 0 Å². The first-order chi connectivity index (χ1) is 11.3. The lowest BCUT2D eigenvalue weighted by Crippen LogP contribution is -2.32. The van der Waals surface area contributed by atoms with Crippen molar-refractivity contribution in [3.05, 3.63) is 29.8 Å². The summed E-state index contributed by atoms with van der Waals surface area (Å²) >= 11 is 0. The van der Waals surface area contributed by atoms with Crippen molar-refractivity contribution in [2.75, 3.05) is 0 Å². The van der Waals surface area contributed by atoms with Crippen molar-refractivity contribution in [3.8, 4) is 5.75 Å². The number of ether oxygens (including phenoxy) is 1. The maximum atomic E-state index is 10.9. The van der Waals surface area contributed by atoms with E-state index >= 15 is 0 Å². The number of carboxylic acids is 1. The number of hydrogen-bond acceptors (Lipinski definition) is 2. The van der Waals surface area contributed by atoms with Crippen molar-refractivity contribution in [2.24, 2.45) is 5.41 Å². The predicted molar refractivity (Wildman–Crippen MR) is 99.7 cm³/mol. The van der Waals surface area contributed by atoms with Gasteiger partial charge in [0.25, 0.3) is 0 Å². The van der Waals surface area contributed by atoms with E-state index < -0.39 is 12.1 Å². The van der Waals surface area contributed by atoms with Crippen LogP contribution in [0.1, 0.15) is 79.2 Å². The van der Waals surface area contributed by atoms with E-state index in [1.54, 1.807) is 6.92 Å². The minimum absolute atomic E-state index is 0.164. The first-order valence-electron chi connectivity index (χ1n) is 9.25. The van der Waals surface area contributed by atoms with Crippen molar-refractivity contribution >= 4 is 5.97 Å². The van der Waals surface area contributed by atoms with E-state index in [2.05, 4.69) is 46.8 Å². The fourth-order valence-electron chi connectivity index (χ4n) is 3.47. The quantitative estimate of drug-likeness (QED) is 0.587. The zero-order valence-corrected chi connectivity index (χ0v) is 16.2. The number of benzene rings is 1. The van der Waals surface area contributed by atoms with Crippen molar-refractivity contribution in [1.82, 2.24) is 0 Å². The molecule has 1 rings (SSSR count). The third-order valence-electron chi connectivity index (χ3n) is 5.95. The van der Waals surface area contributed by atoms with Crippen LogP contribution in [0.15, 0.2) is 24.3 Å². The maximum Gasteiger partial charge on any atom is 0.344 e. The van der Waals surface area contributed by atoms with Crippen LogP contribution in [0.25, 0.3) is 0 Å². The molecule has 0 fully saturated rings. The average Bonchev–Trinajstić information content (AvgIpc) is 2.60. The maximum absolute atomic E-state index is 10.9. The summed E-state index contributed by atoms with van der Waals surface area (Å²) < 4.78 is 5.45. The van der Waals surface area contributed by atoms with Gasteiger partial charge in [0.15, 0.2) is 6.10 Å². The van der Waals surface area contributed by atoms with Crippen LogP contribution in [0.3, 0.4) is 0 Å². The molecule has 0 saturated heterocycles. The van der Waals surface area contributed by atoms with E-state index in [1.165, 1.54) is 24.8 Å². The average molecular weight is 335 g/mol. The lowest BCUT2D eigenvalue weighted by atomic mass is 9.64. The number of aliphatic carboxylic acids is 1. The summed E-state index contributed by atoms with van der Waals surface area (Å²) in [7, 11) is 0. The van der Waals surface area contributed by atoms with Gasteiger partial charge in [0.1, 0.15) is 5.75 Å². The zero-order valence-electron chi connectivity index (χ0n) is 16.2. The molecule has 0 radical (unpaired) electrons. The van der Waals surface area contributed by atoms with Gasteiger partial charge in [0.2, 0.25) is 0 Å². The fraction of sp³-hybridized carbons (Fsp3) is 0.667. The highest BCUT2D eigenvalue weighted by Gasteiger charge is 2.35. The first kappa shape index (κ1) is 20.5. The highest BCUT2D eigenvalue weighted by atomic mass is 16.5. The molecule has 1 unspecified atom stereocenters. The van der Waals surface area contributed by atoms with E-state index in [0.29, 0.717) is 11.2 Å². The van der Waals surface area contributed by atoms with Gasteiger partial charge in [-0.05, 0) is 54.7 Å². The summed E-state index contributed by atoms with van der Waals surface area (Å²) in [5.41, 5.74) is 1.84. The highest BCUT2D eigenvalue weighted by Crippen LogP contribution is 2.45. The van der Waals surface area contributed by atoms with Crippen molar-refractivity contribution in [2.45, 2.75) is 85.2 Å². The summed E-state index contributed by atoms with van der Waals surface area (Å²) in [6, 6.07) is 8.04. The van der Waals surface area contributed by atoms with E-state index in [4.69, 9.17) is 9.84 Å². The van der Waals surface area contributed by atoms with Gasteiger partial charge in [-0.25, -0.2) is 4.79 Å². The largest absolute Gasteiger partial charge is 0.479 e. The molecule has 0 heterocycles. The molecule has 0 aliphatic heterocycles. The molecular weight excluding hydrogens is 300 g/mol. The molecule has 0 aliphatic carbocycles. The molecule has 24 heavy (non-hydrogen) atoms. The van der Waals surface area contributed by atoms with Gasteiger partial charge in [-0.2, -0.15) is 0 Å². The molecule has 0 bridgehead atoms. The van der Waals surface area contributed by atoms with Gasteiger partial charge in [-0.1, -0.05) is 59.6 Å². The van der Waals surface area contributed by atoms with Crippen LogP contribution in [0, 0.1) is 5.41 Å². The van der Waals surface area contributed by atoms with Crippen LogP contribution in [-0.2, 0) is 10.2 Å². The van der Waals surface area contributed by atoms with Crippen molar-refractivity contribution < 1.29 is 14.6 Å². The summed E-state index contributed by atoms with van der Waals surface area (Å²) in [4.78, 5) is 10.9. The monoisotopic (exact) mass is 334 g/mol. The Morgan fingerprint density at radius 2 is 1.54 bits per heavy atom. The van der Waals surface area contributed by atoms with E-state index in [-0.39, 0.29) is 5.41 Å². The number of hydrogen-bond donors (Lipinski definition) is 1. The molecule has 0 aliphatic rings. The van der Waals surface area contributed by atoms with Crippen LogP contribution in [0.2, 0.25) is 0 Å². The van der Waals surface area contributed by atoms with Gasteiger partial charge in [0.05, 0.1) is 0 Å². The Kier molecular flexibility index (Phi) is 7.31. The minimum atomic E-state index is -0.947. The van der Waals surface area contributed by atoms with Gasteiger partial charge in [-0.15, -0.1) is 0 Å². The lowest BCUT2D eigenvalue weighted by Gasteiger charge is -2.41. The molecule has 0 amide bonds. The van der Waals surface area contributed by atoms with Crippen LogP contribution in [0.5, 0.6) is 5.75 Å². The van der Waals surface area contributed by atoms with E-state index in [0.717, 1.165) is 12.8 Å². The molecule has 1 atom stereocenters. The number of carbonyl (C=O) groups is 1. The lowest BCUT2D eigenvalue weighted by molar-refractivity contribution is -0.144. The zero-order chi connectivity index (χ0) is 18.4.